The zero-order chi connectivity index (χ0) is 48.2. The van der Waals surface area contributed by atoms with E-state index in [1.807, 2.05) is 21.6 Å². The van der Waals surface area contributed by atoms with Crippen LogP contribution in [-0.4, -0.2) is 112 Å². The Morgan fingerprint density at radius 2 is 1.40 bits per heavy atom. The number of benzene rings is 2. The van der Waals surface area contributed by atoms with Crippen molar-refractivity contribution in [1.82, 2.24) is 0 Å². The summed E-state index contributed by atoms with van der Waals surface area (Å²) in [5.74, 6) is -2.29. The minimum atomic E-state index is -4.91. The Balaban J connectivity index is 1.62. The van der Waals surface area contributed by atoms with Gasteiger partial charge in [0.05, 0.1) is 42.0 Å². The molecule has 1 N–H and O–H groups in total. The van der Waals surface area contributed by atoms with E-state index in [0.717, 1.165) is 0 Å². The fourth-order valence-corrected chi connectivity index (χ4v) is 11.4. The summed E-state index contributed by atoms with van der Waals surface area (Å²) in [6.07, 6.45) is 10.4. The summed E-state index contributed by atoms with van der Waals surface area (Å²) < 4.78 is 150. The third-order valence-corrected chi connectivity index (χ3v) is 16.0. The van der Waals surface area contributed by atoms with Crippen molar-refractivity contribution in [1.29, 1.82) is 0 Å². The zero-order valence-electron chi connectivity index (χ0n) is 36.2. The topological polar surface area (TPSA) is 282 Å². The van der Waals surface area contributed by atoms with Crippen molar-refractivity contribution in [3.8, 4) is 0 Å². The lowest BCUT2D eigenvalue weighted by atomic mass is 9.75. The normalized spacial score (nSPS) is 21.9. The lowest BCUT2D eigenvalue weighted by Crippen LogP contribution is -2.32. The molecular formula is C43H52ClN2O15S4-3. The fraction of sp³-hybridized carbons (Fsp3) is 0.488. The third kappa shape index (κ3) is 12.8. The van der Waals surface area contributed by atoms with E-state index in [4.69, 9.17) is 21.4 Å². The molecule has 3 aliphatic rings. The van der Waals surface area contributed by atoms with Crippen molar-refractivity contribution < 1.29 is 71.1 Å². The number of carboxylic acids is 1. The SMILES string of the molecule is COCCN1/C(=C/C=C2\CCCC(/C=C/C3=[N+](CCCCCC(=O)O)c4ccc(S(=O)(=O)[O-])cc4C3(C)CCCS(=O)(=O)[O-])=C2Cl)C(C)(CCCS(=O)(=O)[O-])c2cc(S(=O)(=O)[O-])ccc21. The molecule has 65 heavy (non-hydrogen) atoms. The van der Waals surface area contributed by atoms with Crippen molar-refractivity contribution in [3.05, 3.63) is 93.7 Å². The molecule has 2 aromatic rings. The number of allylic oxidation sites excluding steroid dienone is 8. The summed E-state index contributed by atoms with van der Waals surface area (Å²) in [6.45, 7) is 4.42. The minimum Gasteiger partial charge on any atom is -0.748 e. The molecule has 0 saturated carbocycles. The summed E-state index contributed by atoms with van der Waals surface area (Å²) in [6, 6.07) is 7.96. The molecule has 5 rings (SSSR count). The average Bonchev–Trinajstić information content (AvgIpc) is 3.56. The average molecular weight is 1000 g/mol. The Labute approximate surface area is 386 Å². The predicted octanol–water partition coefficient (Wildman–Crippen LogP) is 5.61. The zero-order valence-corrected chi connectivity index (χ0v) is 40.2. The van der Waals surface area contributed by atoms with Gasteiger partial charge in [0.15, 0.2) is 5.71 Å². The lowest BCUT2D eigenvalue weighted by molar-refractivity contribution is -0.438. The van der Waals surface area contributed by atoms with Gasteiger partial charge in [0.1, 0.15) is 26.8 Å². The van der Waals surface area contributed by atoms with Crippen LogP contribution in [0.1, 0.15) is 95.6 Å². The van der Waals surface area contributed by atoms with Crippen LogP contribution in [-0.2, 0) is 60.8 Å². The van der Waals surface area contributed by atoms with E-state index in [-0.39, 0.29) is 45.3 Å². The monoisotopic (exact) mass is 999 g/mol. The van der Waals surface area contributed by atoms with Crippen molar-refractivity contribution in [3.63, 3.8) is 0 Å². The number of carboxylic acid groups (broad SMARTS) is 1. The van der Waals surface area contributed by atoms with E-state index in [0.29, 0.717) is 95.2 Å². The first-order chi connectivity index (χ1) is 30.2. The number of ether oxygens (including phenoxy) is 1. The molecule has 0 spiro atoms. The molecule has 2 unspecified atom stereocenters. The summed E-state index contributed by atoms with van der Waals surface area (Å²) in [7, 11) is -17.5. The maximum atomic E-state index is 12.2. The second-order valence-electron chi connectivity index (χ2n) is 16.8. The predicted molar refractivity (Wildman–Crippen MR) is 238 cm³/mol. The summed E-state index contributed by atoms with van der Waals surface area (Å²) in [5, 5.41) is 9.56. The van der Waals surface area contributed by atoms with Gasteiger partial charge in [-0.25, -0.2) is 33.7 Å². The highest BCUT2D eigenvalue weighted by Gasteiger charge is 2.48. The van der Waals surface area contributed by atoms with Gasteiger partial charge in [-0.2, -0.15) is 4.58 Å². The second-order valence-corrected chi connectivity index (χ2v) is 23.0. The molecule has 0 saturated heterocycles. The Morgan fingerprint density at radius 3 is 1.98 bits per heavy atom. The van der Waals surface area contributed by atoms with Gasteiger partial charge < -0.3 is 33.0 Å². The second kappa shape index (κ2) is 20.6. The molecule has 22 heteroatoms. The number of aliphatic carboxylic acids is 1. The molecule has 2 aromatic carbocycles. The maximum absolute atomic E-state index is 12.2. The molecule has 0 aromatic heterocycles. The van der Waals surface area contributed by atoms with Crippen molar-refractivity contribution in [2.24, 2.45) is 0 Å². The first-order valence-electron chi connectivity index (χ1n) is 20.9. The van der Waals surface area contributed by atoms with Crippen LogP contribution in [0.4, 0.5) is 11.4 Å². The summed E-state index contributed by atoms with van der Waals surface area (Å²) in [5.41, 5.74) is 2.47. The standard InChI is InChI=1S/C43H55ClN2O15S4/c1-42(21-8-26-62(49,50)51)34-28-32(64(55,56)57)15-17-36(34)45(23-6-4-5-12-40(47)48)38(42)19-13-30-10-7-11-31(41(30)44)14-20-39-43(2,22-9-27-63(52,53)54)35-29-33(65(58,59)60)16-18-37(35)46(39)24-25-61-3/h13-20,28-29H,4-12,21-27H2,1-3H3,(H4-,47,48,49,50,51,52,53,54,55,56,57,58,59,60)/p-3. The number of carbonyl (C=O) groups is 1. The highest BCUT2D eigenvalue weighted by Crippen LogP contribution is 2.51. The van der Waals surface area contributed by atoms with Gasteiger partial charge in [0, 0.05) is 77.5 Å². The van der Waals surface area contributed by atoms with Crippen LogP contribution in [0.2, 0.25) is 0 Å². The van der Waals surface area contributed by atoms with Crippen LogP contribution in [0.5, 0.6) is 0 Å². The number of anilines is 1. The van der Waals surface area contributed by atoms with Crippen molar-refractivity contribution >= 4 is 75.1 Å². The van der Waals surface area contributed by atoms with Crippen molar-refractivity contribution in [2.75, 3.05) is 43.2 Å². The first-order valence-corrected chi connectivity index (χ1v) is 27.2. The summed E-state index contributed by atoms with van der Waals surface area (Å²) in [4.78, 5) is 12.1. The van der Waals surface area contributed by atoms with Crippen molar-refractivity contribution in [2.45, 2.75) is 105 Å². The molecular weight excluding hydrogens is 948 g/mol. The van der Waals surface area contributed by atoms with Crippen LogP contribution in [0.3, 0.4) is 0 Å². The fourth-order valence-electron chi connectivity index (χ4n) is 9.06. The number of fused-ring (bicyclic) bond motifs is 2. The van der Waals surface area contributed by atoms with Gasteiger partial charge in [0.25, 0.3) is 0 Å². The van der Waals surface area contributed by atoms with Crippen LogP contribution in [0, 0.1) is 0 Å². The van der Waals surface area contributed by atoms with Gasteiger partial charge >= 0.3 is 5.97 Å². The summed E-state index contributed by atoms with van der Waals surface area (Å²) >= 11 is 7.17. The molecule has 0 radical (unpaired) electrons. The Kier molecular flexibility index (Phi) is 16.6. The van der Waals surface area contributed by atoms with Gasteiger partial charge in [-0.1, -0.05) is 23.8 Å². The maximum Gasteiger partial charge on any atom is 0.303 e. The largest absolute Gasteiger partial charge is 0.748 e. The molecule has 1 aliphatic carbocycles. The molecule has 2 heterocycles. The lowest BCUT2D eigenvalue weighted by Gasteiger charge is -2.31. The quantitative estimate of drug-likeness (QED) is 0.0852. The van der Waals surface area contributed by atoms with Gasteiger partial charge in [0.2, 0.25) is 5.69 Å². The molecule has 17 nitrogen and oxygen atoms in total. The van der Waals surface area contributed by atoms with E-state index in [2.05, 4.69) is 0 Å². The number of nitrogens with zero attached hydrogens (tertiary/aromatic N) is 2. The number of rotatable bonds is 22. The van der Waals surface area contributed by atoms with Crippen LogP contribution in [0.25, 0.3) is 0 Å². The van der Waals surface area contributed by atoms with E-state index < -0.39 is 78.6 Å². The number of unbranched alkanes of at least 4 members (excludes halogenated alkanes) is 2. The number of hydrogen-bond acceptors (Lipinski definition) is 15. The Morgan fingerprint density at radius 1 is 0.800 bits per heavy atom. The van der Waals surface area contributed by atoms with Gasteiger partial charge in [-0.15, -0.1) is 0 Å². The highest BCUT2D eigenvalue weighted by molar-refractivity contribution is 7.86. The van der Waals surface area contributed by atoms with E-state index >= 15 is 0 Å². The van der Waals surface area contributed by atoms with Crippen LogP contribution in [0.15, 0.2) is 92.4 Å². The van der Waals surface area contributed by atoms with E-state index in [9.17, 15) is 56.7 Å². The third-order valence-electron chi connectivity index (χ3n) is 12.3. The molecule has 2 atom stereocenters. The molecule has 358 valence electrons. The van der Waals surface area contributed by atoms with E-state index in [1.165, 1.54) is 43.5 Å². The van der Waals surface area contributed by atoms with Crippen LogP contribution >= 0.6 is 11.6 Å². The van der Waals surface area contributed by atoms with Gasteiger partial charge in [-0.3, -0.25) is 4.79 Å². The van der Waals surface area contributed by atoms with Gasteiger partial charge in [-0.05, 0) is 125 Å². The van der Waals surface area contributed by atoms with Crippen LogP contribution < -0.4 is 4.90 Å². The Bertz CT molecular complexity index is 2800. The number of methoxy groups -OCH3 is 1. The number of hydrogen-bond donors (Lipinski definition) is 1. The molecule has 0 fully saturated rings. The minimum absolute atomic E-state index is 0.0336. The first kappa shape index (κ1) is 52.2. The molecule has 2 aliphatic heterocycles. The highest BCUT2D eigenvalue weighted by atomic mass is 35.5. The van der Waals surface area contributed by atoms with E-state index in [1.54, 1.807) is 26.0 Å². The number of halogens is 1. The molecule has 0 bridgehead atoms. The molecule has 0 amide bonds. The Hall–Kier alpha value is -3.77. The smallest absolute Gasteiger partial charge is 0.303 e.